The molecule has 0 saturated carbocycles. The van der Waals surface area contributed by atoms with E-state index in [1.54, 1.807) is 6.08 Å². The molecular weight excluding hydrogens is 402 g/mol. The minimum absolute atomic E-state index is 0.00406. The molecule has 6 heteroatoms. The van der Waals surface area contributed by atoms with E-state index in [0.717, 1.165) is 14.5 Å². The van der Waals surface area contributed by atoms with E-state index in [2.05, 4.69) is 37.2 Å². The molecule has 0 radical (unpaired) electrons. The van der Waals surface area contributed by atoms with Crippen molar-refractivity contribution in [2.75, 3.05) is 5.32 Å². The van der Waals surface area contributed by atoms with Crippen molar-refractivity contribution in [2.45, 2.75) is 0 Å². The summed E-state index contributed by atoms with van der Waals surface area (Å²) in [5.41, 5.74) is 2.22. The lowest BCUT2D eigenvalue weighted by Gasteiger charge is -2.04. The first kappa shape index (κ1) is 14.2. The lowest BCUT2D eigenvalue weighted by atomic mass is 10.0. The molecule has 1 amide bonds. The lowest BCUT2D eigenvalue weighted by molar-refractivity contribution is -0.110. The number of nitrogens with one attached hydrogen (secondary N) is 1. The largest absolute Gasteiger partial charge is 0.508 e. The molecule has 2 aromatic carbocycles. The van der Waals surface area contributed by atoms with Crippen LogP contribution in [0.5, 0.6) is 11.5 Å². The van der Waals surface area contributed by atoms with E-state index in [1.807, 2.05) is 12.1 Å². The average Bonchev–Trinajstić information content (AvgIpc) is 2.72. The number of hydrogen-bond acceptors (Lipinski definition) is 3. The van der Waals surface area contributed by atoms with Crippen LogP contribution in [0.4, 0.5) is 5.69 Å². The quantitative estimate of drug-likeness (QED) is 0.489. The zero-order valence-electron chi connectivity index (χ0n) is 10.5. The molecule has 0 spiro atoms. The third-order valence-electron chi connectivity index (χ3n) is 3.14. The molecule has 3 rings (SSSR count). The Morgan fingerprint density at radius 2 is 1.86 bits per heavy atom. The molecular formula is C15H9Br2NO3. The molecule has 4 nitrogen and oxygen atoms in total. The number of carbonyl (C=O) groups excluding carboxylic acids is 1. The van der Waals surface area contributed by atoms with Crippen LogP contribution >= 0.6 is 31.9 Å². The van der Waals surface area contributed by atoms with Crippen LogP contribution in [0, 0.1) is 0 Å². The molecule has 0 aliphatic carbocycles. The van der Waals surface area contributed by atoms with E-state index >= 15 is 0 Å². The van der Waals surface area contributed by atoms with Gasteiger partial charge in [-0.3, -0.25) is 4.79 Å². The molecule has 1 aliphatic rings. The smallest absolute Gasteiger partial charge is 0.256 e. The third kappa shape index (κ3) is 2.56. The number of fused-ring (bicyclic) bond motifs is 1. The first-order valence-electron chi connectivity index (χ1n) is 6.00. The highest BCUT2D eigenvalue weighted by atomic mass is 79.9. The van der Waals surface area contributed by atoms with Crippen molar-refractivity contribution >= 4 is 55.1 Å². The Kier molecular flexibility index (Phi) is 3.51. The minimum atomic E-state index is -0.258. The highest BCUT2D eigenvalue weighted by Gasteiger charge is 2.26. The predicted molar refractivity (Wildman–Crippen MR) is 88.1 cm³/mol. The Hall–Kier alpha value is -1.79. The monoisotopic (exact) mass is 409 g/mol. The normalized spacial score (nSPS) is 15.1. The molecule has 0 bridgehead atoms. The van der Waals surface area contributed by atoms with E-state index < -0.39 is 0 Å². The highest BCUT2D eigenvalue weighted by Crippen LogP contribution is 2.41. The van der Waals surface area contributed by atoms with Crippen molar-refractivity contribution in [3.05, 3.63) is 50.4 Å². The molecule has 21 heavy (non-hydrogen) atoms. The van der Waals surface area contributed by atoms with E-state index in [4.69, 9.17) is 0 Å². The molecule has 0 fully saturated rings. The Morgan fingerprint density at radius 1 is 1.10 bits per heavy atom. The van der Waals surface area contributed by atoms with Gasteiger partial charge in [-0.1, -0.05) is 15.9 Å². The highest BCUT2D eigenvalue weighted by molar-refractivity contribution is 9.11. The second-order valence-electron chi connectivity index (χ2n) is 4.57. The third-order valence-corrected chi connectivity index (χ3v) is 4.22. The van der Waals surface area contributed by atoms with Gasteiger partial charge < -0.3 is 15.5 Å². The summed E-state index contributed by atoms with van der Waals surface area (Å²) in [7, 11) is 0. The van der Waals surface area contributed by atoms with E-state index in [0.29, 0.717) is 16.8 Å². The molecule has 0 unspecified atom stereocenters. The van der Waals surface area contributed by atoms with Gasteiger partial charge in [0, 0.05) is 25.6 Å². The number of carbonyl (C=O) groups is 1. The predicted octanol–water partition coefficient (Wildman–Crippen LogP) is 4.12. The maximum Gasteiger partial charge on any atom is 0.256 e. The number of phenols is 2. The van der Waals surface area contributed by atoms with Crippen LogP contribution in [0.2, 0.25) is 0 Å². The van der Waals surface area contributed by atoms with Crippen LogP contribution in [0.3, 0.4) is 0 Å². The lowest BCUT2D eigenvalue weighted by Crippen LogP contribution is -2.03. The summed E-state index contributed by atoms with van der Waals surface area (Å²) >= 11 is 6.79. The number of phenolic OH excluding ortho intramolecular Hbond substituents is 2. The molecule has 0 atom stereocenters. The summed E-state index contributed by atoms with van der Waals surface area (Å²) in [6, 6.07) is 7.83. The van der Waals surface area contributed by atoms with Crippen LogP contribution < -0.4 is 5.32 Å². The first-order chi connectivity index (χ1) is 9.95. The van der Waals surface area contributed by atoms with Crippen molar-refractivity contribution in [1.29, 1.82) is 0 Å². The first-order valence-corrected chi connectivity index (χ1v) is 7.59. The van der Waals surface area contributed by atoms with Gasteiger partial charge in [0.1, 0.15) is 11.5 Å². The minimum Gasteiger partial charge on any atom is -0.508 e. The fourth-order valence-corrected chi connectivity index (χ4v) is 3.50. The van der Waals surface area contributed by atoms with Gasteiger partial charge in [0.2, 0.25) is 0 Å². The summed E-state index contributed by atoms with van der Waals surface area (Å²) < 4.78 is 1.60. The number of anilines is 1. The second kappa shape index (κ2) is 5.20. The van der Waals surface area contributed by atoms with Gasteiger partial charge in [0.15, 0.2) is 0 Å². The van der Waals surface area contributed by atoms with Gasteiger partial charge in [0.25, 0.3) is 5.91 Å². The molecule has 1 heterocycles. The zero-order valence-corrected chi connectivity index (χ0v) is 13.7. The standard InChI is InChI=1S/C15H9Br2NO3/c16-8-5-10-11(15(21)18-14(10)12(17)6-8)4-7-3-9(19)1-2-13(7)20/h1-6,19-20H,(H,18,21). The number of hydrogen-bond donors (Lipinski definition) is 3. The summed E-state index contributed by atoms with van der Waals surface area (Å²) in [5.74, 6) is -0.240. The molecule has 0 aromatic heterocycles. The fourth-order valence-electron chi connectivity index (χ4n) is 2.17. The van der Waals surface area contributed by atoms with E-state index in [9.17, 15) is 15.0 Å². The molecule has 2 aromatic rings. The SMILES string of the molecule is O=C1Nc2c(Br)cc(Br)cc2C1=Cc1cc(O)ccc1O. The van der Waals surface area contributed by atoms with Crippen LogP contribution in [-0.2, 0) is 4.79 Å². The average molecular weight is 411 g/mol. The second-order valence-corrected chi connectivity index (χ2v) is 6.34. The van der Waals surface area contributed by atoms with Crippen molar-refractivity contribution < 1.29 is 15.0 Å². The van der Waals surface area contributed by atoms with Gasteiger partial charge >= 0.3 is 0 Å². The summed E-state index contributed by atoms with van der Waals surface area (Å²) in [5, 5.41) is 22.1. The van der Waals surface area contributed by atoms with Crippen molar-refractivity contribution in [3.63, 3.8) is 0 Å². The fraction of sp³-hybridized carbons (Fsp3) is 0. The Bertz CT molecular complexity index is 800. The zero-order chi connectivity index (χ0) is 15.1. The summed E-state index contributed by atoms with van der Waals surface area (Å²) in [6.45, 7) is 0. The van der Waals surface area contributed by atoms with Crippen molar-refractivity contribution in [2.24, 2.45) is 0 Å². The number of halogens is 2. The molecule has 3 N–H and O–H groups in total. The van der Waals surface area contributed by atoms with Crippen molar-refractivity contribution in [1.82, 2.24) is 0 Å². The Labute approximate surface area is 137 Å². The number of rotatable bonds is 1. The van der Waals surface area contributed by atoms with Crippen LogP contribution in [0.15, 0.2) is 39.3 Å². The number of benzene rings is 2. The maximum atomic E-state index is 12.1. The summed E-state index contributed by atoms with van der Waals surface area (Å²) in [4.78, 5) is 12.1. The topological polar surface area (TPSA) is 69.6 Å². The van der Waals surface area contributed by atoms with E-state index in [1.165, 1.54) is 18.2 Å². The van der Waals surface area contributed by atoms with Crippen LogP contribution in [0.25, 0.3) is 11.6 Å². The molecule has 1 aliphatic heterocycles. The summed E-state index contributed by atoms with van der Waals surface area (Å²) in [6.07, 6.45) is 1.55. The maximum absolute atomic E-state index is 12.1. The number of amides is 1. The Balaban J connectivity index is 2.19. The van der Waals surface area contributed by atoms with Gasteiger partial charge in [-0.2, -0.15) is 0 Å². The van der Waals surface area contributed by atoms with Crippen LogP contribution in [0.1, 0.15) is 11.1 Å². The molecule has 0 saturated heterocycles. The van der Waals surface area contributed by atoms with E-state index in [-0.39, 0.29) is 17.4 Å². The van der Waals surface area contributed by atoms with Gasteiger partial charge in [-0.15, -0.1) is 0 Å². The van der Waals surface area contributed by atoms with Gasteiger partial charge in [-0.25, -0.2) is 0 Å². The molecule has 106 valence electrons. The van der Waals surface area contributed by atoms with Crippen LogP contribution in [-0.4, -0.2) is 16.1 Å². The van der Waals surface area contributed by atoms with Crippen molar-refractivity contribution in [3.8, 4) is 11.5 Å². The van der Waals surface area contributed by atoms with Gasteiger partial charge in [-0.05, 0) is 52.3 Å². The van der Waals surface area contributed by atoms with Gasteiger partial charge in [0.05, 0.1) is 5.69 Å². The number of aromatic hydroxyl groups is 2. The Morgan fingerprint density at radius 3 is 2.62 bits per heavy atom.